The molecule has 0 spiro atoms. The quantitative estimate of drug-likeness (QED) is 0.529. The Morgan fingerprint density at radius 2 is 1.00 bits per heavy atom. The molecule has 2 aromatic rings. The van der Waals surface area contributed by atoms with Crippen molar-refractivity contribution in [3.05, 3.63) is 59.7 Å². The van der Waals surface area contributed by atoms with Crippen LogP contribution in [0.5, 0.6) is 11.5 Å². The first kappa shape index (κ1) is 22.9. The summed E-state index contributed by atoms with van der Waals surface area (Å²) in [6.45, 7) is 0. The smallest absolute Gasteiger partial charge is 0.332 e. The molecule has 0 radical (unpaired) electrons. The van der Waals surface area contributed by atoms with E-state index in [9.17, 15) is 9.59 Å². The van der Waals surface area contributed by atoms with Crippen LogP contribution in [0.25, 0.3) is 0 Å². The molecule has 2 rings (SSSR count). The first-order valence-corrected chi connectivity index (χ1v) is 8.34. The molecule has 0 saturated carbocycles. The highest BCUT2D eigenvalue weighted by Gasteiger charge is 2.14. The fourth-order valence-corrected chi connectivity index (χ4v) is 2.14. The van der Waals surface area contributed by atoms with Crippen molar-refractivity contribution in [2.45, 2.75) is 25.0 Å². The second-order valence-corrected chi connectivity index (χ2v) is 5.81. The van der Waals surface area contributed by atoms with E-state index in [1.165, 1.54) is 0 Å². The van der Waals surface area contributed by atoms with Crippen molar-refractivity contribution >= 4 is 11.9 Å². The number of hydrogen-bond acceptors (Lipinski definition) is 6. The number of rotatable bonds is 8. The molecule has 0 aromatic heterocycles. The van der Waals surface area contributed by atoms with Gasteiger partial charge >= 0.3 is 11.9 Å². The number of aliphatic carboxylic acids is 2. The van der Waals surface area contributed by atoms with Crippen molar-refractivity contribution in [1.82, 2.24) is 0 Å². The van der Waals surface area contributed by atoms with Crippen LogP contribution >= 0.6 is 0 Å². The summed E-state index contributed by atoms with van der Waals surface area (Å²) >= 11 is 0. The minimum Gasteiger partial charge on any atom is -0.497 e. The number of carboxylic acids is 2. The molecule has 152 valence electrons. The lowest BCUT2D eigenvalue weighted by molar-refractivity contribution is -0.147. The molecule has 2 atom stereocenters. The molecule has 0 fully saturated rings. The van der Waals surface area contributed by atoms with E-state index in [4.69, 9.17) is 29.9 Å². The van der Waals surface area contributed by atoms with Crippen molar-refractivity contribution < 1.29 is 39.5 Å². The largest absolute Gasteiger partial charge is 0.497 e. The van der Waals surface area contributed by atoms with Crippen LogP contribution in [-0.2, 0) is 22.4 Å². The summed E-state index contributed by atoms with van der Waals surface area (Å²) in [5, 5.41) is 35.1. The molecule has 0 saturated heterocycles. The Balaban J connectivity index is 0.000000280. The Labute approximate surface area is 162 Å². The molecule has 0 aliphatic rings. The fraction of sp³-hybridized carbons (Fsp3) is 0.300. The van der Waals surface area contributed by atoms with Gasteiger partial charge in [-0.1, -0.05) is 24.3 Å². The molecule has 0 amide bonds. The molecule has 4 N–H and O–H groups in total. The van der Waals surface area contributed by atoms with Gasteiger partial charge in [-0.2, -0.15) is 0 Å². The summed E-state index contributed by atoms with van der Waals surface area (Å²) < 4.78 is 9.89. The Bertz CT molecular complexity index is 674. The van der Waals surface area contributed by atoms with Crippen LogP contribution in [0, 0.1) is 0 Å². The second kappa shape index (κ2) is 11.6. The minimum absolute atomic E-state index is 0.110. The van der Waals surface area contributed by atoms with Crippen molar-refractivity contribution in [2.75, 3.05) is 14.2 Å². The molecule has 0 aliphatic heterocycles. The van der Waals surface area contributed by atoms with E-state index < -0.39 is 24.1 Å². The zero-order chi connectivity index (χ0) is 21.1. The van der Waals surface area contributed by atoms with Gasteiger partial charge in [0.05, 0.1) is 14.2 Å². The molecule has 8 nitrogen and oxygen atoms in total. The van der Waals surface area contributed by atoms with Gasteiger partial charge in [0.15, 0.2) is 12.2 Å². The number of carbonyl (C=O) groups is 2. The SMILES string of the molecule is COc1ccc(CC(O)C(=O)O)cc1.COc1ccc(CC(O)C(=O)O)cc1. The molecule has 2 unspecified atom stereocenters. The van der Waals surface area contributed by atoms with Crippen LogP contribution in [0.15, 0.2) is 48.5 Å². The van der Waals surface area contributed by atoms with E-state index >= 15 is 0 Å². The van der Waals surface area contributed by atoms with Gasteiger partial charge < -0.3 is 29.9 Å². The third-order valence-electron chi connectivity index (χ3n) is 3.75. The Morgan fingerprint density at radius 3 is 1.21 bits per heavy atom. The standard InChI is InChI=1S/2C10H12O4/c2*1-14-8-4-2-7(3-5-8)6-9(11)10(12)13/h2*2-5,9,11H,6H2,1H3,(H,12,13). The molecule has 8 heteroatoms. The Morgan fingerprint density at radius 1 is 0.714 bits per heavy atom. The number of aliphatic hydroxyl groups is 2. The molecule has 0 heterocycles. The Hall–Kier alpha value is -3.10. The van der Waals surface area contributed by atoms with Crippen molar-refractivity contribution in [3.63, 3.8) is 0 Å². The van der Waals surface area contributed by atoms with Crippen LogP contribution in [0.2, 0.25) is 0 Å². The summed E-state index contributed by atoms with van der Waals surface area (Å²) in [4.78, 5) is 20.7. The van der Waals surface area contributed by atoms with Crippen LogP contribution < -0.4 is 9.47 Å². The average Bonchev–Trinajstić information content (AvgIpc) is 2.69. The maximum absolute atomic E-state index is 10.4. The molecule has 2 aromatic carbocycles. The lowest BCUT2D eigenvalue weighted by Gasteiger charge is -2.06. The topological polar surface area (TPSA) is 134 Å². The molecule has 0 bridgehead atoms. The molecule has 28 heavy (non-hydrogen) atoms. The van der Waals surface area contributed by atoms with Crippen LogP contribution in [-0.4, -0.2) is 58.8 Å². The van der Waals surface area contributed by atoms with Gasteiger partial charge in [0.2, 0.25) is 0 Å². The Kier molecular flexibility index (Phi) is 9.49. The normalized spacial score (nSPS) is 12.1. The number of carboxylic acid groups (broad SMARTS) is 2. The lowest BCUT2D eigenvalue weighted by Crippen LogP contribution is -2.21. The first-order chi connectivity index (χ1) is 13.3. The highest BCUT2D eigenvalue weighted by atomic mass is 16.5. The van der Waals surface area contributed by atoms with E-state index in [0.717, 1.165) is 11.1 Å². The summed E-state index contributed by atoms with van der Waals surface area (Å²) in [7, 11) is 3.11. The molecular weight excluding hydrogens is 368 g/mol. The summed E-state index contributed by atoms with van der Waals surface area (Å²) in [6, 6.07) is 13.8. The fourth-order valence-electron chi connectivity index (χ4n) is 2.14. The number of methoxy groups -OCH3 is 2. The number of hydrogen-bond donors (Lipinski definition) is 4. The second-order valence-electron chi connectivity index (χ2n) is 5.81. The highest BCUT2D eigenvalue weighted by molar-refractivity contribution is 5.72. The monoisotopic (exact) mass is 392 g/mol. The number of ether oxygens (including phenoxy) is 2. The van der Waals surface area contributed by atoms with Crippen molar-refractivity contribution in [1.29, 1.82) is 0 Å². The maximum Gasteiger partial charge on any atom is 0.332 e. The third kappa shape index (κ3) is 8.07. The van der Waals surface area contributed by atoms with Crippen molar-refractivity contribution in [3.8, 4) is 11.5 Å². The maximum atomic E-state index is 10.4. The third-order valence-corrected chi connectivity index (χ3v) is 3.75. The van der Waals surface area contributed by atoms with E-state index in [2.05, 4.69) is 0 Å². The summed E-state index contributed by atoms with van der Waals surface area (Å²) in [5.41, 5.74) is 1.53. The van der Waals surface area contributed by atoms with Gasteiger partial charge in [-0.3, -0.25) is 0 Å². The van der Waals surface area contributed by atoms with Crippen LogP contribution in [0.4, 0.5) is 0 Å². The number of aliphatic hydroxyl groups excluding tert-OH is 2. The number of benzene rings is 2. The summed E-state index contributed by atoms with van der Waals surface area (Å²) in [5.74, 6) is -1.00. The highest BCUT2D eigenvalue weighted by Crippen LogP contribution is 2.13. The van der Waals surface area contributed by atoms with Crippen LogP contribution in [0.1, 0.15) is 11.1 Å². The van der Waals surface area contributed by atoms with Gasteiger partial charge in [0, 0.05) is 12.8 Å². The van der Waals surface area contributed by atoms with Gasteiger partial charge in [-0.25, -0.2) is 9.59 Å². The van der Waals surface area contributed by atoms with Gasteiger partial charge in [0.25, 0.3) is 0 Å². The van der Waals surface area contributed by atoms with E-state index in [1.54, 1.807) is 62.8 Å². The van der Waals surface area contributed by atoms with Crippen LogP contribution in [0.3, 0.4) is 0 Å². The predicted octanol–water partition coefficient (Wildman–Crippen LogP) is 1.37. The van der Waals surface area contributed by atoms with Gasteiger partial charge in [0.1, 0.15) is 11.5 Å². The zero-order valence-corrected chi connectivity index (χ0v) is 15.6. The predicted molar refractivity (Wildman–Crippen MR) is 101 cm³/mol. The van der Waals surface area contributed by atoms with Gasteiger partial charge in [-0.15, -0.1) is 0 Å². The lowest BCUT2D eigenvalue weighted by atomic mass is 10.1. The van der Waals surface area contributed by atoms with E-state index in [-0.39, 0.29) is 12.8 Å². The molecule has 0 aliphatic carbocycles. The van der Waals surface area contributed by atoms with Gasteiger partial charge in [-0.05, 0) is 35.4 Å². The summed E-state index contributed by atoms with van der Waals surface area (Å²) in [6.07, 6.45) is -2.47. The minimum atomic E-state index is -1.34. The zero-order valence-electron chi connectivity index (χ0n) is 15.6. The van der Waals surface area contributed by atoms with E-state index in [0.29, 0.717) is 11.5 Å². The van der Waals surface area contributed by atoms with Crippen molar-refractivity contribution in [2.24, 2.45) is 0 Å². The first-order valence-electron chi connectivity index (χ1n) is 8.34. The molecular formula is C20H24O8. The van der Waals surface area contributed by atoms with E-state index in [1.807, 2.05) is 0 Å². The average molecular weight is 392 g/mol.